The van der Waals surface area contributed by atoms with Crippen LogP contribution in [-0.2, 0) is 10.0 Å². The molecule has 0 fully saturated rings. The molecule has 5 nitrogen and oxygen atoms in total. The highest BCUT2D eigenvalue weighted by molar-refractivity contribution is 7.89. The lowest BCUT2D eigenvalue weighted by molar-refractivity contribution is 0.474. The smallest absolute Gasteiger partial charge is 0.238 e. The third kappa shape index (κ3) is 3.12. The van der Waals surface area contributed by atoms with Crippen LogP contribution in [0.3, 0.4) is 0 Å². The van der Waals surface area contributed by atoms with Crippen LogP contribution in [0, 0.1) is 17.1 Å². The zero-order valence-electron chi connectivity index (χ0n) is 10.1. The first kappa shape index (κ1) is 14.0. The molecule has 102 valence electrons. The van der Waals surface area contributed by atoms with Crippen molar-refractivity contribution in [3.05, 3.63) is 53.8 Å². The highest BCUT2D eigenvalue weighted by Crippen LogP contribution is 2.25. The van der Waals surface area contributed by atoms with E-state index in [9.17, 15) is 12.8 Å². The average molecular weight is 292 g/mol. The first-order chi connectivity index (χ1) is 9.40. The molecule has 0 atom stereocenters. The molecule has 2 N–H and O–H groups in total. The van der Waals surface area contributed by atoms with E-state index in [-0.39, 0.29) is 22.0 Å². The molecule has 0 spiro atoms. The second-order valence-electron chi connectivity index (χ2n) is 3.88. The zero-order chi connectivity index (χ0) is 14.8. The first-order valence-corrected chi connectivity index (χ1v) is 6.95. The summed E-state index contributed by atoms with van der Waals surface area (Å²) < 4.78 is 41.1. The summed E-state index contributed by atoms with van der Waals surface area (Å²) >= 11 is 0. The third-order valence-electron chi connectivity index (χ3n) is 2.43. The summed E-state index contributed by atoms with van der Waals surface area (Å²) in [6, 6.07) is 10.9. The molecule has 0 aromatic heterocycles. The van der Waals surface area contributed by atoms with Gasteiger partial charge in [-0.15, -0.1) is 0 Å². The number of hydrogen-bond acceptors (Lipinski definition) is 4. The number of nitrogens with zero attached hydrogens (tertiary/aromatic N) is 1. The van der Waals surface area contributed by atoms with Gasteiger partial charge in [0, 0.05) is 12.1 Å². The van der Waals surface area contributed by atoms with Gasteiger partial charge in [-0.2, -0.15) is 5.26 Å². The monoisotopic (exact) mass is 292 g/mol. The van der Waals surface area contributed by atoms with Crippen molar-refractivity contribution in [2.24, 2.45) is 5.14 Å². The summed E-state index contributed by atoms with van der Waals surface area (Å²) in [5.41, 5.74) is -0.101. The Bertz CT molecular complexity index is 798. The van der Waals surface area contributed by atoms with Crippen LogP contribution in [0.4, 0.5) is 4.39 Å². The molecule has 0 bridgehead atoms. The summed E-state index contributed by atoms with van der Waals surface area (Å²) in [6.45, 7) is 0. The van der Waals surface area contributed by atoms with Crippen molar-refractivity contribution in [1.82, 2.24) is 0 Å². The molecule has 20 heavy (non-hydrogen) atoms. The maximum absolute atomic E-state index is 13.4. The van der Waals surface area contributed by atoms with E-state index in [1.165, 1.54) is 36.4 Å². The van der Waals surface area contributed by atoms with Crippen LogP contribution in [0.5, 0.6) is 11.5 Å². The second kappa shape index (κ2) is 5.28. The van der Waals surface area contributed by atoms with Gasteiger partial charge in [-0.3, -0.25) is 0 Å². The Morgan fingerprint density at radius 1 is 1.15 bits per heavy atom. The Balaban J connectivity index is 2.31. The van der Waals surface area contributed by atoms with Gasteiger partial charge in [0.15, 0.2) is 0 Å². The highest BCUT2D eigenvalue weighted by atomic mass is 32.2. The first-order valence-electron chi connectivity index (χ1n) is 5.40. The Morgan fingerprint density at radius 2 is 1.85 bits per heavy atom. The number of ether oxygens (including phenoxy) is 1. The molecule has 2 rings (SSSR count). The number of sulfonamides is 1. The Morgan fingerprint density at radius 3 is 2.45 bits per heavy atom. The summed E-state index contributed by atoms with van der Waals surface area (Å²) in [5.74, 6) is -0.374. The van der Waals surface area contributed by atoms with Gasteiger partial charge in [0.1, 0.15) is 23.4 Å². The molecular weight excluding hydrogens is 283 g/mol. The maximum atomic E-state index is 13.4. The number of nitriles is 1. The molecule has 0 saturated carbocycles. The van der Waals surface area contributed by atoms with Crippen molar-refractivity contribution in [3.63, 3.8) is 0 Å². The summed E-state index contributed by atoms with van der Waals surface area (Å²) in [6.07, 6.45) is 0. The standard InChI is InChI=1S/C13H9FN2O3S/c14-13-7-11(5-4-9(13)8-15)19-10-2-1-3-12(6-10)20(16,17)18/h1-7H,(H2,16,17,18). The molecule has 2 aromatic carbocycles. The minimum atomic E-state index is -3.83. The molecule has 0 radical (unpaired) electrons. The van der Waals surface area contributed by atoms with Crippen LogP contribution in [0.1, 0.15) is 5.56 Å². The van der Waals surface area contributed by atoms with Crippen molar-refractivity contribution < 1.29 is 17.5 Å². The van der Waals surface area contributed by atoms with Gasteiger partial charge >= 0.3 is 0 Å². The van der Waals surface area contributed by atoms with Crippen molar-refractivity contribution in [3.8, 4) is 17.6 Å². The second-order valence-corrected chi connectivity index (χ2v) is 5.44. The molecule has 0 unspecified atom stereocenters. The van der Waals surface area contributed by atoms with Crippen LogP contribution in [0.15, 0.2) is 47.4 Å². The van der Waals surface area contributed by atoms with E-state index in [1.807, 2.05) is 0 Å². The van der Waals surface area contributed by atoms with Gasteiger partial charge in [0.2, 0.25) is 10.0 Å². The zero-order valence-corrected chi connectivity index (χ0v) is 10.9. The Hall–Kier alpha value is -2.43. The molecule has 0 heterocycles. The topological polar surface area (TPSA) is 93.2 Å². The summed E-state index contributed by atoms with van der Waals surface area (Å²) in [7, 11) is -3.83. The van der Waals surface area contributed by atoms with Crippen LogP contribution in [0.2, 0.25) is 0 Å². The van der Waals surface area contributed by atoms with E-state index in [0.717, 1.165) is 6.07 Å². The van der Waals surface area contributed by atoms with Gasteiger partial charge in [-0.05, 0) is 24.3 Å². The largest absolute Gasteiger partial charge is 0.457 e. The minimum Gasteiger partial charge on any atom is -0.457 e. The molecule has 2 aromatic rings. The van der Waals surface area contributed by atoms with Gasteiger partial charge < -0.3 is 4.74 Å². The molecule has 7 heteroatoms. The predicted molar refractivity (Wildman–Crippen MR) is 69.0 cm³/mol. The van der Waals surface area contributed by atoms with Crippen LogP contribution >= 0.6 is 0 Å². The highest BCUT2D eigenvalue weighted by Gasteiger charge is 2.09. The molecule has 0 aliphatic carbocycles. The third-order valence-corrected chi connectivity index (χ3v) is 3.34. The van der Waals surface area contributed by atoms with Gasteiger partial charge in [0.05, 0.1) is 10.5 Å². The molecule has 0 saturated heterocycles. The quantitative estimate of drug-likeness (QED) is 0.937. The van der Waals surface area contributed by atoms with E-state index in [0.29, 0.717) is 0 Å². The fraction of sp³-hybridized carbons (Fsp3) is 0. The number of nitrogens with two attached hydrogens (primary N) is 1. The van der Waals surface area contributed by atoms with Crippen molar-refractivity contribution >= 4 is 10.0 Å². The lowest BCUT2D eigenvalue weighted by atomic mass is 10.2. The van der Waals surface area contributed by atoms with Crippen LogP contribution in [-0.4, -0.2) is 8.42 Å². The average Bonchev–Trinajstić information content (AvgIpc) is 2.38. The fourth-order valence-electron chi connectivity index (χ4n) is 1.50. The lowest BCUT2D eigenvalue weighted by Crippen LogP contribution is -2.11. The Kier molecular flexibility index (Phi) is 3.70. The van der Waals surface area contributed by atoms with E-state index < -0.39 is 15.8 Å². The van der Waals surface area contributed by atoms with E-state index in [1.54, 1.807) is 6.07 Å². The van der Waals surface area contributed by atoms with Crippen LogP contribution < -0.4 is 9.88 Å². The number of benzene rings is 2. The summed E-state index contributed by atoms with van der Waals surface area (Å²) in [5, 5.41) is 13.6. The number of hydrogen-bond donors (Lipinski definition) is 1. The predicted octanol–water partition coefficient (Wildman–Crippen LogP) is 2.14. The number of rotatable bonds is 3. The van der Waals surface area contributed by atoms with Crippen molar-refractivity contribution in [2.45, 2.75) is 4.90 Å². The number of primary sulfonamides is 1. The molecule has 0 aliphatic rings. The summed E-state index contributed by atoms with van der Waals surface area (Å²) in [4.78, 5) is -0.107. The maximum Gasteiger partial charge on any atom is 0.238 e. The minimum absolute atomic E-state index is 0.101. The normalized spacial score (nSPS) is 10.8. The SMILES string of the molecule is N#Cc1ccc(Oc2cccc(S(N)(=O)=O)c2)cc1F. The van der Waals surface area contributed by atoms with Gasteiger partial charge in [-0.1, -0.05) is 6.07 Å². The number of halogens is 1. The van der Waals surface area contributed by atoms with E-state index in [2.05, 4.69) is 0 Å². The van der Waals surface area contributed by atoms with Crippen LogP contribution in [0.25, 0.3) is 0 Å². The molecule has 0 amide bonds. The van der Waals surface area contributed by atoms with E-state index in [4.69, 9.17) is 15.1 Å². The Labute approximate surface area is 115 Å². The molecular formula is C13H9FN2O3S. The van der Waals surface area contributed by atoms with Crippen molar-refractivity contribution in [2.75, 3.05) is 0 Å². The van der Waals surface area contributed by atoms with Crippen molar-refractivity contribution in [1.29, 1.82) is 5.26 Å². The van der Waals surface area contributed by atoms with Gasteiger partial charge in [0.25, 0.3) is 0 Å². The lowest BCUT2D eigenvalue weighted by Gasteiger charge is -2.07. The van der Waals surface area contributed by atoms with E-state index >= 15 is 0 Å². The van der Waals surface area contributed by atoms with Gasteiger partial charge in [-0.25, -0.2) is 17.9 Å². The molecule has 0 aliphatic heterocycles. The fourth-order valence-corrected chi connectivity index (χ4v) is 2.05.